The second-order valence-electron chi connectivity index (χ2n) is 19.0. The molecule has 0 aromatic heterocycles. The summed E-state index contributed by atoms with van der Waals surface area (Å²) in [5.74, 6) is -1.48. The minimum atomic E-state index is -0.375. The van der Waals surface area contributed by atoms with Crippen LogP contribution in [0.15, 0.2) is 194 Å². The number of amides is 4. The third-order valence-corrected chi connectivity index (χ3v) is 13.4. The van der Waals surface area contributed by atoms with E-state index < -0.39 is 0 Å². The topological polar surface area (TPSA) is 116 Å². The highest BCUT2D eigenvalue weighted by Crippen LogP contribution is 2.48. The van der Waals surface area contributed by atoms with Crippen LogP contribution in [0, 0.1) is 11.8 Å². The predicted octanol–water partition coefficient (Wildman–Crippen LogP) is 15.5. The second-order valence-corrected chi connectivity index (χ2v) is 19.0. The quantitative estimate of drug-likeness (QED) is 0.0868. The molecule has 0 saturated carbocycles. The Bertz CT molecular complexity index is 3220. The van der Waals surface area contributed by atoms with Crippen molar-refractivity contribution in [3.05, 3.63) is 216 Å². The number of hydrogen-bond donors (Lipinski definition) is 4. The molecule has 8 heteroatoms. The molecule has 0 aliphatic carbocycles. The number of hydrogen-bond acceptors (Lipinski definition) is 4. The molecule has 0 bridgehead atoms. The maximum Gasteiger partial charge on any atom is 0.251 e. The van der Waals surface area contributed by atoms with E-state index in [1.54, 1.807) is 0 Å². The molecule has 0 aliphatic heterocycles. The Hall–Kier alpha value is -8.62. The first-order valence-electron chi connectivity index (χ1n) is 24.6. The summed E-state index contributed by atoms with van der Waals surface area (Å²) in [4.78, 5) is 55.1. The van der Waals surface area contributed by atoms with Gasteiger partial charge in [0.1, 0.15) is 0 Å². The maximum atomic E-state index is 14.1. The Morgan fingerprint density at radius 1 is 0.342 bits per heavy atom. The van der Waals surface area contributed by atoms with Gasteiger partial charge < -0.3 is 21.3 Å². The molecule has 0 spiro atoms. The largest absolute Gasteiger partial charge is 0.346 e. The second kappa shape index (κ2) is 22.2. The lowest BCUT2D eigenvalue weighted by Gasteiger charge is -2.24. The smallest absolute Gasteiger partial charge is 0.251 e. The summed E-state index contributed by atoms with van der Waals surface area (Å²) in [5, 5.41) is 16.7. The number of anilines is 2. The zero-order valence-electron chi connectivity index (χ0n) is 41.4. The van der Waals surface area contributed by atoms with Crippen molar-refractivity contribution >= 4 is 56.5 Å². The third kappa shape index (κ3) is 10.8. The highest BCUT2D eigenvalue weighted by Gasteiger charge is 2.25. The molecule has 8 nitrogen and oxygen atoms in total. The Labute approximate surface area is 428 Å². The van der Waals surface area contributed by atoms with Gasteiger partial charge in [-0.1, -0.05) is 205 Å². The Morgan fingerprint density at radius 3 is 1.00 bits per heavy atom. The van der Waals surface area contributed by atoms with Crippen LogP contribution in [0.4, 0.5) is 11.4 Å². The minimum absolute atomic E-state index is 0. The van der Waals surface area contributed by atoms with Crippen molar-refractivity contribution in [3.63, 3.8) is 0 Å². The summed E-state index contributed by atoms with van der Waals surface area (Å²) >= 11 is 0. The Kier molecular flexibility index (Phi) is 15.4. The van der Waals surface area contributed by atoms with Gasteiger partial charge in [-0.15, -0.1) is 0 Å². The first-order valence-corrected chi connectivity index (χ1v) is 24.6. The highest BCUT2D eigenvalue weighted by atomic mass is 16.2. The van der Waals surface area contributed by atoms with Gasteiger partial charge >= 0.3 is 0 Å². The van der Waals surface area contributed by atoms with Gasteiger partial charge in [0.15, 0.2) is 0 Å². The number of carbonyl (C=O) groups is 4. The van der Waals surface area contributed by atoms with Gasteiger partial charge in [0.2, 0.25) is 11.8 Å². The van der Waals surface area contributed by atoms with E-state index in [0.29, 0.717) is 22.5 Å². The van der Waals surface area contributed by atoms with Crippen molar-refractivity contribution in [2.45, 2.75) is 61.1 Å². The Morgan fingerprint density at radius 2 is 0.671 bits per heavy atom. The first-order chi connectivity index (χ1) is 34.9. The molecular weight excluding hydrogens is 901 g/mol. The van der Waals surface area contributed by atoms with E-state index in [-0.39, 0.29) is 55.0 Å². The number of rotatable bonds is 14. The number of fused-ring (bicyclic) bond motifs is 2. The minimum Gasteiger partial charge on any atom is -0.346 e. The van der Waals surface area contributed by atoms with Gasteiger partial charge in [0, 0.05) is 34.1 Å². The third-order valence-electron chi connectivity index (χ3n) is 13.4. The molecule has 366 valence electrons. The number of carbonyl (C=O) groups excluding carboxylic acids is 4. The van der Waals surface area contributed by atoms with Crippen LogP contribution in [0.25, 0.3) is 66.1 Å². The van der Waals surface area contributed by atoms with E-state index in [2.05, 4.69) is 69.8 Å². The van der Waals surface area contributed by atoms with Crippen molar-refractivity contribution in [1.82, 2.24) is 10.6 Å². The molecule has 2 atom stereocenters. The summed E-state index contributed by atoms with van der Waals surface area (Å²) in [6.45, 7) is 11.3. The molecule has 73 heavy (non-hydrogen) atoms. The molecule has 9 aromatic rings. The number of benzene rings is 9. The normalized spacial score (nSPS) is 11.9. The van der Waals surface area contributed by atoms with Crippen LogP contribution in [-0.2, 0) is 9.59 Å². The summed E-state index contributed by atoms with van der Waals surface area (Å²) in [6.07, 6.45) is 0. The summed E-state index contributed by atoms with van der Waals surface area (Å²) in [7, 11) is 0. The molecule has 9 aromatic carbocycles. The van der Waals surface area contributed by atoms with Crippen LogP contribution in [0.3, 0.4) is 0 Å². The van der Waals surface area contributed by atoms with E-state index in [9.17, 15) is 19.2 Å². The maximum absolute atomic E-state index is 14.1. The van der Waals surface area contributed by atoms with Crippen LogP contribution in [-0.4, -0.2) is 23.6 Å². The molecule has 2 unspecified atom stereocenters. The van der Waals surface area contributed by atoms with Crippen molar-refractivity contribution in [2.75, 3.05) is 10.6 Å². The molecule has 0 radical (unpaired) electrons. The fraction of sp³-hybridized carbons (Fsp3) is 0.169. The average molecular weight is 963 g/mol. The van der Waals surface area contributed by atoms with Gasteiger partial charge in [-0.25, -0.2) is 0 Å². The molecule has 0 aliphatic rings. The van der Waals surface area contributed by atoms with Crippen LogP contribution in [0.2, 0.25) is 0 Å². The molecule has 0 heterocycles. The van der Waals surface area contributed by atoms with Gasteiger partial charge in [-0.2, -0.15) is 0 Å². The van der Waals surface area contributed by atoms with Crippen LogP contribution in [0.5, 0.6) is 0 Å². The van der Waals surface area contributed by atoms with E-state index in [4.69, 9.17) is 0 Å². The van der Waals surface area contributed by atoms with Crippen molar-refractivity contribution < 1.29 is 19.2 Å². The van der Waals surface area contributed by atoms with Crippen LogP contribution >= 0.6 is 0 Å². The van der Waals surface area contributed by atoms with Crippen molar-refractivity contribution in [3.8, 4) is 44.5 Å². The fourth-order valence-electron chi connectivity index (χ4n) is 9.27. The zero-order chi connectivity index (χ0) is 50.5. The lowest BCUT2D eigenvalue weighted by Crippen LogP contribution is -2.26. The molecule has 4 amide bonds. The van der Waals surface area contributed by atoms with Crippen LogP contribution in [0.1, 0.15) is 92.9 Å². The van der Waals surface area contributed by atoms with E-state index in [1.165, 1.54) is 0 Å². The first kappa shape index (κ1) is 50.8. The molecule has 9 rings (SSSR count). The molecular formula is C65H62N4O4. The fourth-order valence-corrected chi connectivity index (χ4v) is 9.27. The standard InChI is InChI=1S/C64H58N4O4.CH4/c1-39(2)61(69)67-59-55(53-27-15-23-47-21-13-25-51(57(47)53)45-29-33-49(34-30-45)63(71)65-41(5)43-17-9-7-10-18-43)37-38-56(60(59)68-62(70)40(3)4)54-28-16-24-48-22-14-26-52(58(48)54)46-31-35-50(36-32-46)64(72)66-42(6)44-19-11-8-12-20-44;/h7-42H,1-6H3,(H,65,71)(H,66,72)(H,67,69)(H,68,70);1H4. The zero-order valence-corrected chi connectivity index (χ0v) is 41.4. The van der Waals surface area contributed by atoms with Crippen molar-refractivity contribution in [1.29, 1.82) is 0 Å². The van der Waals surface area contributed by atoms with Gasteiger partial charge in [0.25, 0.3) is 11.8 Å². The average Bonchev–Trinajstić information content (AvgIpc) is 3.41. The molecule has 4 N–H and O–H groups in total. The predicted molar refractivity (Wildman–Crippen MR) is 302 cm³/mol. The van der Waals surface area contributed by atoms with E-state index in [0.717, 1.165) is 77.2 Å². The lowest BCUT2D eigenvalue weighted by molar-refractivity contribution is -0.119. The van der Waals surface area contributed by atoms with Crippen molar-refractivity contribution in [2.24, 2.45) is 11.8 Å². The Balaban J connectivity index is 0.00000711. The van der Waals surface area contributed by atoms with Crippen LogP contribution < -0.4 is 21.3 Å². The molecule has 0 fully saturated rings. The summed E-state index contributed by atoms with van der Waals surface area (Å²) in [6, 6.07) is 63.4. The SMILES string of the molecule is C.CC(C)C(=O)Nc1c(-c2cccc3cccc(-c4ccc(C(=O)NC(C)c5ccccc5)cc4)c23)ccc(-c2cccc3cccc(-c4ccc(C(=O)NC(C)c5ccccc5)cc4)c23)c1NC(=O)C(C)C. The van der Waals surface area contributed by atoms with E-state index >= 15 is 0 Å². The highest BCUT2D eigenvalue weighted by molar-refractivity contribution is 6.17. The molecule has 0 saturated heterocycles. The summed E-state index contributed by atoms with van der Waals surface area (Å²) in [5.41, 5.74) is 11.0. The number of nitrogens with one attached hydrogen (secondary N) is 4. The van der Waals surface area contributed by atoms with E-state index in [1.807, 2.05) is 187 Å². The summed E-state index contributed by atoms with van der Waals surface area (Å²) < 4.78 is 0. The van der Waals surface area contributed by atoms with Gasteiger partial charge in [0.05, 0.1) is 23.5 Å². The lowest BCUT2D eigenvalue weighted by atomic mass is 9.87. The van der Waals surface area contributed by atoms with Gasteiger partial charge in [-0.3, -0.25) is 19.2 Å². The van der Waals surface area contributed by atoms with Gasteiger partial charge in [-0.05, 0) is 104 Å². The monoisotopic (exact) mass is 962 g/mol.